The summed E-state index contributed by atoms with van der Waals surface area (Å²) in [5.74, 6) is 0.266. The SMILES string of the molecule is C1=CC2c3cc(-c4ccc5c(c4)c4ccccc4n5-c4ccccc4)ccc3N(c3cccc(-c4ccc5c6ccccc6c6ccccc6c5c4)c3)C2C=C1. The molecule has 0 amide bonds. The van der Waals surface area contributed by atoms with E-state index in [4.69, 9.17) is 0 Å². The molecule has 2 heteroatoms. The van der Waals surface area contributed by atoms with Crippen molar-refractivity contribution in [2.24, 2.45) is 0 Å². The van der Waals surface area contributed by atoms with E-state index < -0.39 is 0 Å². The lowest BCUT2D eigenvalue weighted by Crippen LogP contribution is -2.28. The molecule has 2 unspecified atom stereocenters. The third-order valence-corrected chi connectivity index (χ3v) is 12.3. The maximum Gasteiger partial charge on any atom is 0.0629 e. The second-order valence-corrected chi connectivity index (χ2v) is 15.3. The molecular weight excluding hydrogens is 677 g/mol. The van der Waals surface area contributed by atoms with Crippen molar-refractivity contribution in [1.82, 2.24) is 4.57 Å². The Morgan fingerprint density at radius 2 is 0.893 bits per heavy atom. The summed E-state index contributed by atoms with van der Waals surface area (Å²) in [6.45, 7) is 0. The first-order chi connectivity index (χ1) is 27.8. The third kappa shape index (κ3) is 4.63. The fraction of sp³-hybridized carbons (Fsp3) is 0.0370. The van der Waals surface area contributed by atoms with Crippen molar-refractivity contribution in [3.05, 3.63) is 212 Å². The molecule has 0 N–H and O–H groups in total. The predicted molar refractivity (Wildman–Crippen MR) is 238 cm³/mol. The number of allylic oxidation sites excluding steroid dienone is 2. The van der Waals surface area contributed by atoms with Gasteiger partial charge in [0.05, 0.1) is 17.1 Å². The van der Waals surface area contributed by atoms with Gasteiger partial charge >= 0.3 is 0 Å². The number of fused-ring (bicyclic) bond motifs is 12. The number of hydrogen-bond donors (Lipinski definition) is 0. The van der Waals surface area contributed by atoms with E-state index >= 15 is 0 Å². The summed E-state index contributed by atoms with van der Waals surface area (Å²) >= 11 is 0. The summed E-state index contributed by atoms with van der Waals surface area (Å²) in [4.78, 5) is 2.55. The lowest BCUT2D eigenvalue weighted by atomic mass is 9.89. The number of aromatic nitrogens is 1. The molecule has 0 fully saturated rings. The van der Waals surface area contributed by atoms with Gasteiger partial charge in [0.25, 0.3) is 0 Å². The molecule has 12 rings (SSSR count). The number of para-hydroxylation sites is 2. The number of anilines is 2. The third-order valence-electron chi connectivity index (χ3n) is 12.3. The van der Waals surface area contributed by atoms with Gasteiger partial charge in [0.2, 0.25) is 0 Å². The minimum Gasteiger partial charge on any atom is -0.333 e. The lowest BCUT2D eigenvalue weighted by molar-refractivity contribution is 0.745. The molecule has 2 nitrogen and oxygen atoms in total. The van der Waals surface area contributed by atoms with Crippen LogP contribution in [-0.2, 0) is 0 Å². The maximum atomic E-state index is 2.55. The highest BCUT2D eigenvalue weighted by Crippen LogP contribution is 2.50. The standard InChI is InChI=1S/C54H36N2/c1-2-14-39(15-3-1)55-51-23-10-8-21-46(51)49-33-37(26-29-53(49)55)38-27-30-54-50(34-38)47-22-9-11-24-52(47)56(54)40-16-12-13-35(31-40)36-25-28-45-43-19-5-4-17-41(43)42-18-6-7-20-44(42)48(45)32-36/h1-34,47,52H. The Labute approximate surface area is 325 Å². The van der Waals surface area contributed by atoms with Crippen LogP contribution >= 0.6 is 0 Å². The average molecular weight is 713 g/mol. The average Bonchev–Trinajstić information content (AvgIpc) is 3.79. The Kier molecular flexibility index (Phi) is 6.79. The van der Waals surface area contributed by atoms with Crippen LogP contribution in [0.1, 0.15) is 11.5 Å². The summed E-state index contributed by atoms with van der Waals surface area (Å²) < 4.78 is 2.38. The summed E-state index contributed by atoms with van der Waals surface area (Å²) in [6, 6.07) is 67.5. The van der Waals surface area contributed by atoms with E-state index in [1.807, 2.05) is 0 Å². The monoisotopic (exact) mass is 712 g/mol. The molecule has 262 valence electrons. The summed E-state index contributed by atoms with van der Waals surface area (Å²) in [5, 5.41) is 10.3. The van der Waals surface area contributed by atoms with E-state index in [-0.39, 0.29) is 12.0 Å². The van der Waals surface area contributed by atoms with Crippen LogP contribution in [0.4, 0.5) is 11.4 Å². The predicted octanol–water partition coefficient (Wildman–Crippen LogP) is 14.3. The molecule has 0 radical (unpaired) electrons. The van der Waals surface area contributed by atoms with Gasteiger partial charge in [0, 0.05) is 33.8 Å². The van der Waals surface area contributed by atoms with Crippen molar-refractivity contribution in [1.29, 1.82) is 0 Å². The van der Waals surface area contributed by atoms with Gasteiger partial charge < -0.3 is 9.47 Å². The van der Waals surface area contributed by atoms with Gasteiger partial charge in [-0.05, 0) is 121 Å². The van der Waals surface area contributed by atoms with E-state index in [0.717, 1.165) is 0 Å². The van der Waals surface area contributed by atoms with Gasteiger partial charge in [-0.2, -0.15) is 0 Å². The second-order valence-electron chi connectivity index (χ2n) is 15.3. The van der Waals surface area contributed by atoms with E-state index in [2.05, 4.69) is 216 Å². The Morgan fingerprint density at radius 3 is 1.68 bits per heavy atom. The zero-order valence-electron chi connectivity index (χ0n) is 30.7. The molecule has 1 aliphatic carbocycles. The van der Waals surface area contributed by atoms with Crippen molar-refractivity contribution in [2.75, 3.05) is 4.90 Å². The number of rotatable bonds is 4. The van der Waals surface area contributed by atoms with E-state index in [0.29, 0.717) is 0 Å². The molecule has 1 aromatic heterocycles. The zero-order valence-corrected chi connectivity index (χ0v) is 30.7. The van der Waals surface area contributed by atoms with Crippen LogP contribution in [0.15, 0.2) is 206 Å². The van der Waals surface area contributed by atoms with Crippen molar-refractivity contribution >= 4 is 65.5 Å². The molecular formula is C54H36N2. The Hall–Kier alpha value is -7.16. The molecule has 10 aromatic rings. The molecule has 1 aliphatic heterocycles. The molecule has 0 saturated heterocycles. The van der Waals surface area contributed by atoms with Crippen LogP contribution in [0.5, 0.6) is 0 Å². The highest BCUT2D eigenvalue weighted by molar-refractivity contribution is 6.25. The van der Waals surface area contributed by atoms with Gasteiger partial charge in [-0.25, -0.2) is 0 Å². The molecule has 0 saturated carbocycles. The molecule has 2 aliphatic rings. The first kappa shape index (κ1) is 31.2. The van der Waals surface area contributed by atoms with Gasteiger partial charge in [-0.1, -0.05) is 146 Å². The number of benzene rings is 9. The van der Waals surface area contributed by atoms with Crippen LogP contribution < -0.4 is 4.90 Å². The molecule has 9 aromatic carbocycles. The summed E-state index contributed by atoms with van der Waals surface area (Å²) in [5.41, 5.74) is 12.4. The fourth-order valence-electron chi connectivity index (χ4n) is 9.75. The minimum atomic E-state index is 0.207. The van der Waals surface area contributed by atoms with Crippen LogP contribution in [0.25, 0.3) is 82.1 Å². The molecule has 56 heavy (non-hydrogen) atoms. The molecule has 2 atom stereocenters. The van der Waals surface area contributed by atoms with Crippen LogP contribution in [0.3, 0.4) is 0 Å². The van der Waals surface area contributed by atoms with Gasteiger partial charge in [0.15, 0.2) is 0 Å². The number of hydrogen-bond acceptors (Lipinski definition) is 1. The fourth-order valence-corrected chi connectivity index (χ4v) is 9.75. The Morgan fingerprint density at radius 1 is 0.339 bits per heavy atom. The summed E-state index contributed by atoms with van der Waals surface area (Å²) in [6.07, 6.45) is 9.17. The molecule has 0 bridgehead atoms. The quantitative estimate of drug-likeness (QED) is 0.165. The highest BCUT2D eigenvalue weighted by atomic mass is 15.2. The topological polar surface area (TPSA) is 8.17 Å². The van der Waals surface area contributed by atoms with Crippen molar-refractivity contribution in [3.8, 4) is 27.9 Å². The molecule has 2 heterocycles. The summed E-state index contributed by atoms with van der Waals surface area (Å²) in [7, 11) is 0. The smallest absolute Gasteiger partial charge is 0.0629 e. The second kappa shape index (κ2) is 12.2. The van der Waals surface area contributed by atoms with Crippen LogP contribution in [-0.4, -0.2) is 10.6 Å². The zero-order chi connectivity index (χ0) is 36.7. The van der Waals surface area contributed by atoms with Crippen molar-refractivity contribution in [3.63, 3.8) is 0 Å². The van der Waals surface area contributed by atoms with Crippen molar-refractivity contribution in [2.45, 2.75) is 12.0 Å². The first-order valence-electron chi connectivity index (χ1n) is 19.6. The van der Waals surface area contributed by atoms with Crippen molar-refractivity contribution < 1.29 is 0 Å². The van der Waals surface area contributed by atoms with Crippen LogP contribution in [0.2, 0.25) is 0 Å². The Bertz CT molecular complexity index is 3240. The van der Waals surface area contributed by atoms with E-state index in [1.54, 1.807) is 0 Å². The first-order valence-corrected chi connectivity index (χ1v) is 19.6. The number of nitrogens with zero attached hydrogens (tertiary/aromatic N) is 2. The largest absolute Gasteiger partial charge is 0.333 e. The molecule has 0 spiro atoms. The Balaban J connectivity index is 0.958. The van der Waals surface area contributed by atoms with Crippen LogP contribution in [0, 0.1) is 0 Å². The van der Waals surface area contributed by atoms with E-state index in [1.165, 1.54) is 99.0 Å². The van der Waals surface area contributed by atoms with Gasteiger partial charge in [-0.3, -0.25) is 0 Å². The maximum absolute atomic E-state index is 2.55. The van der Waals surface area contributed by atoms with Gasteiger partial charge in [-0.15, -0.1) is 0 Å². The van der Waals surface area contributed by atoms with E-state index in [9.17, 15) is 0 Å². The van der Waals surface area contributed by atoms with Gasteiger partial charge in [0.1, 0.15) is 0 Å². The highest BCUT2D eigenvalue weighted by Gasteiger charge is 2.37. The lowest BCUT2D eigenvalue weighted by Gasteiger charge is -2.29. The normalized spacial score (nSPS) is 16.0. The minimum absolute atomic E-state index is 0.207.